The van der Waals surface area contributed by atoms with Crippen LogP contribution in [0.2, 0.25) is 0 Å². The summed E-state index contributed by atoms with van der Waals surface area (Å²) in [6, 6.07) is 8.44. The van der Waals surface area contributed by atoms with Crippen LogP contribution in [0.5, 0.6) is 0 Å². The molecule has 0 radical (unpaired) electrons. The van der Waals surface area contributed by atoms with E-state index in [4.69, 9.17) is 14.2 Å². The molecule has 22 heavy (non-hydrogen) atoms. The van der Waals surface area contributed by atoms with Gasteiger partial charge in [0.05, 0.1) is 5.56 Å². The number of cyclic esters (lactones) is 1. The van der Waals surface area contributed by atoms with Crippen molar-refractivity contribution in [3.63, 3.8) is 0 Å². The van der Waals surface area contributed by atoms with Crippen molar-refractivity contribution in [2.45, 2.75) is 13.0 Å². The molecule has 1 aromatic carbocycles. The Balaban J connectivity index is 2.00. The molecule has 0 bridgehead atoms. The summed E-state index contributed by atoms with van der Waals surface area (Å²) < 4.78 is 15.0. The highest BCUT2D eigenvalue weighted by Crippen LogP contribution is 2.12. The number of ether oxygens (including phenoxy) is 3. The fraction of sp³-hybridized carbons (Fsp3) is 0.188. The second-order valence-electron chi connectivity index (χ2n) is 4.44. The third-order valence-electron chi connectivity index (χ3n) is 2.65. The average molecular weight is 302 g/mol. The first kappa shape index (κ1) is 15.5. The molecule has 0 N–H and O–H groups in total. The number of hydrogen-bond acceptors (Lipinski definition) is 6. The van der Waals surface area contributed by atoms with Crippen molar-refractivity contribution < 1.29 is 28.6 Å². The van der Waals surface area contributed by atoms with Gasteiger partial charge in [-0.1, -0.05) is 18.2 Å². The fourth-order valence-corrected chi connectivity index (χ4v) is 1.74. The zero-order valence-electron chi connectivity index (χ0n) is 11.9. The van der Waals surface area contributed by atoms with Gasteiger partial charge in [0, 0.05) is 19.1 Å². The van der Waals surface area contributed by atoms with Crippen LogP contribution < -0.4 is 0 Å². The summed E-state index contributed by atoms with van der Waals surface area (Å²) in [6.07, 6.45) is 3.03. The average Bonchev–Trinajstić information content (AvgIpc) is 2.67. The van der Waals surface area contributed by atoms with Crippen molar-refractivity contribution in [3.05, 3.63) is 59.9 Å². The highest BCUT2D eigenvalue weighted by atomic mass is 16.6. The molecule has 0 amide bonds. The summed E-state index contributed by atoms with van der Waals surface area (Å²) in [5.41, 5.74) is 0.393. The first-order valence-electron chi connectivity index (χ1n) is 6.55. The van der Waals surface area contributed by atoms with Crippen molar-refractivity contribution in [2.24, 2.45) is 0 Å². The van der Waals surface area contributed by atoms with Crippen molar-refractivity contribution in [3.8, 4) is 0 Å². The predicted octanol–water partition coefficient (Wildman–Crippen LogP) is 1.77. The van der Waals surface area contributed by atoms with E-state index in [0.29, 0.717) is 5.56 Å². The molecule has 1 aliphatic heterocycles. The third-order valence-corrected chi connectivity index (χ3v) is 2.65. The molecule has 1 aromatic rings. The lowest BCUT2D eigenvalue weighted by Gasteiger charge is -2.13. The minimum atomic E-state index is -0.829. The second-order valence-corrected chi connectivity index (χ2v) is 4.44. The van der Waals surface area contributed by atoms with Gasteiger partial charge >= 0.3 is 17.9 Å². The van der Waals surface area contributed by atoms with Crippen LogP contribution in [0.3, 0.4) is 0 Å². The number of carbonyl (C=O) groups is 3. The maximum Gasteiger partial charge on any atom is 0.338 e. The van der Waals surface area contributed by atoms with Gasteiger partial charge in [-0.15, -0.1) is 0 Å². The number of allylic oxidation sites excluding steroid dienone is 1. The Morgan fingerprint density at radius 2 is 1.91 bits per heavy atom. The lowest BCUT2D eigenvalue weighted by atomic mass is 10.2. The molecule has 6 nitrogen and oxygen atoms in total. The SMILES string of the molecule is CC(=O)OC1=C[C@H](COC(=O)c2ccccc2)OC(=O)C=C1. The lowest BCUT2D eigenvalue weighted by Crippen LogP contribution is -2.22. The van der Waals surface area contributed by atoms with Crippen LogP contribution in [0.15, 0.2) is 54.3 Å². The Bertz CT molecular complexity index is 629. The molecule has 0 aliphatic carbocycles. The van der Waals surface area contributed by atoms with E-state index in [2.05, 4.69) is 0 Å². The summed E-state index contributed by atoms with van der Waals surface area (Å²) in [5.74, 6) is -1.50. The van der Waals surface area contributed by atoms with Crippen molar-refractivity contribution in [2.75, 3.05) is 6.61 Å². The van der Waals surface area contributed by atoms with Gasteiger partial charge in [0.2, 0.25) is 0 Å². The molecule has 0 aromatic heterocycles. The summed E-state index contributed by atoms with van der Waals surface area (Å²) in [4.78, 5) is 34.2. The van der Waals surface area contributed by atoms with Crippen molar-refractivity contribution in [1.82, 2.24) is 0 Å². The van der Waals surface area contributed by atoms with E-state index in [1.54, 1.807) is 30.3 Å². The number of hydrogen-bond donors (Lipinski definition) is 0. The van der Waals surface area contributed by atoms with E-state index in [-0.39, 0.29) is 12.4 Å². The van der Waals surface area contributed by atoms with Crippen LogP contribution in [-0.4, -0.2) is 30.6 Å². The second kappa shape index (κ2) is 7.21. The monoisotopic (exact) mass is 302 g/mol. The van der Waals surface area contributed by atoms with E-state index in [0.717, 1.165) is 6.08 Å². The third kappa shape index (κ3) is 4.59. The predicted molar refractivity (Wildman–Crippen MR) is 75.6 cm³/mol. The molecular weight excluding hydrogens is 288 g/mol. The molecular formula is C16H14O6. The van der Waals surface area contributed by atoms with Crippen molar-refractivity contribution >= 4 is 17.9 Å². The van der Waals surface area contributed by atoms with Gasteiger partial charge in [0.1, 0.15) is 12.4 Å². The molecule has 0 fully saturated rings. The fourth-order valence-electron chi connectivity index (χ4n) is 1.74. The highest BCUT2D eigenvalue weighted by Gasteiger charge is 2.18. The largest absolute Gasteiger partial charge is 0.458 e. The van der Waals surface area contributed by atoms with Crippen LogP contribution in [0.1, 0.15) is 17.3 Å². The van der Waals surface area contributed by atoms with Gasteiger partial charge in [0.15, 0.2) is 6.10 Å². The van der Waals surface area contributed by atoms with E-state index in [9.17, 15) is 14.4 Å². The Hall–Kier alpha value is -2.89. The van der Waals surface area contributed by atoms with E-state index >= 15 is 0 Å². The summed E-state index contributed by atoms with van der Waals surface area (Å²) >= 11 is 0. The molecule has 1 heterocycles. The highest BCUT2D eigenvalue weighted by molar-refractivity contribution is 5.89. The number of esters is 3. The Morgan fingerprint density at radius 3 is 2.59 bits per heavy atom. The number of rotatable bonds is 4. The zero-order chi connectivity index (χ0) is 15.9. The number of benzene rings is 1. The van der Waals surface area contributed by atoms with Gasteiger partial charge in [-0.3, -0.25) is 4.79 Å². The van der Waals surface area contributed by atoms with Crippen LogP contribution in [0.4, 0.5) is 0 Å². The van der Waals surface area contributed by atoms with Crippen LogP contribution in [0.25, 0.3) is 0 Å². The Labute approximate surface area is 127 Å². The minimum absolute atomic E-state index is 0.166. The van der Waals surface area contributed by atoms with Gasteiger partial charge in [-0.25, -0.2) is 9.59 Å². The molecule has 6 heteroatoms. The van der Waals surface area contributed by atoms with Gasteiger partial charge in [-0.05, 0) is 18.2 Å². The standard InChI is InChI=1S/C16H14O6/c1-11(17)21-13-7-8-15(18)22-14(9-13)10-20-16(19)12-5-3-2-4-6-12/h2-9,14H,10H2,1H3/t14-/m1/s1. The van der Waals surface area contributed by atoms with Crippen molar-refractivity contribution in [1.29, 1.82) is 0 Å². The molecule has 0 spiro atoms. The molecule has 0 saturated carbocycles. The Morgan fingerprint density at radius 1 is 1.18 bits per heavy atom. The minimum Gasteiger partial charge on any atom is -0.458 e. The molecule has 1 atom stereocenters. The first-order chi connectivity index (χ1) is 10.5. The topological polar surface area (TPSA) is 78.9 Å². The molecule has 0 saturated heterocycles. The molecule has 2 rings (SSSR count). The van der Waals surface area contributed by atoms with Crippen LogP contribution in [-0.2, 0) is 23.8 Å². The molecule has 1 aliphatic rings. The number of carbonyl (C=O) groups excluding carboxylic acids is 3. The van der Waals surface area contributed by atoms with E-state index < -0.39 is 24.0 Å². The van der Waals surface area contributed by atoms with Gasteiger partial charge < -0.3 is 14.2 Å². The maximum absolute atomic E-state index is 11.8. The zero-order valence-corrected chi connectivity index (χ0v) is 11.9. The normalized spacial score (nSPS) is 17.0. The first-order valence-corrected chi connectivity index (χ1v) is 6.55. The molecule has 0 unspecified atom stereocenters. The smallest absolute Gasteiger partial charge is 0.338 e. The van der Waals surface area contributed by atoms with Crippen LogP contribution >= 0.6 is 0 Å². The summed E-state index contributed by atoms with van der Waals surface area (Å²) in [7, 11) is 0. The van der Waals surface area contributed by atoms with E-state index in [1.165, 1.54) is 19.1 Å². The quantitative estimate of drug-likeness (QED) is 0.623. The summed E-state index contributed by atoms with van der Waals surface area (Å²) in [6.45, 7) is 1.07. The maximum atomic E-state index is 11.8. The van der Waals surface area contributed by atoms with Gasteiger partial charge in [-0.2, -0.15) is 0 Å². The molecule has 114 valence electrons. The van der Waals surface area contributed by atoms with Gasteiger partial charge in [0.25, 0.3) is 0 Å². The van der Waals surface area contributed by atoms with Crippen LogP contribution in [0, 0.1) is 0 Å². The lowest BCUT2D eigenvalue weighted by molar-refractivity contribution is -0.142. The van der Waals surface area contributed by atoms with E-state index in [1.807, 2.05) is 0 Å². The Kier molecular flexibility index (Phi) is 5.08. The summed E-state index contributed by atoms with van der Waals surface area (Å²) in [5, 5.41) is 0.